The van der Waals surface area contributed by atoms with Gasteiger partial charge in [-0.05, 0) is 52.0 Å². The van der Waals surface area contributed by atoms with Crippen molar-refractivity contribution in [3.63, 3.8) is 0 Å². The number of nitrogens with zero attached hydrogens (tertiary/aromatic N) is 4. The summed E-state index contributed by atoms with van der Waals surface area (Å²) in [5.74, 6) is 0.765. The molecule has 132 valence electrons. The van der Waals surface area contributed by atoms with E-state index in [0.717, 1.165) is 54.7 Å². The van der Waals surface area contributed by atoms with Crippen LogP contribution in [0.25, 0.3) is 0 Å². The predicted octanol–water partition coefficient (Wildman–Crippen LogP) is 2.89. The number of thiazole rings is 1. The zero-order chi connectivity index (χ0) is 17.4. The van der Waals surface area contributed by atoms with Gasteiger partial charge in [0, 0.05) is 29.4 Å². The summed E-state index contributed by atoms with van der Waals surface area (Å²) in [4.78, 5) is 29.8. The van der Waals surface area contributed by atoms with E-state index in [1.54, 1.807) is 11.3 Å². The van der Waals surface area contributed by atoms with E-state index in [9.17, 15) is 4.79 Å². The predicted molar refractivity (Wildman–Crippen MR) is 99.2 cm³/mol. The zero-order valence-corrected chi connectivity index (χ0v) is 15.5. The van der Waals surface area contributed by atoms with Gasteiger partial charge in [0.25, 0.3) is 0 Å². The maximum Gasteiger partial charge on any atom is 0.231 e. The van der Waals surface area contributed by atoms with Gasteiger partial charge in [0.1, 0.15) is 0 Å². The minimum atomic E-state index is -0.0445. The molecule has 0 saturated carbocycles. The van der Waals surface area contributed by atoms with Crippen LogP contribution in [-0.4, -0.2) is 33.9 Å². The molecular formula is C18H23N5OS. The van der Waals surface area contributed by atoms with Gasteiger partial charge < -0.3 is 10.2 Å². The van der Waals surface area contributed by atoms with E-state index < -0.39 is 0 Å². The molecule has 1 unspecified atom stereocenters. The quantitative estimate of drug-likeness (QED) is 0.914. The molecule has 2 aromatic rings. The van der Waals surface area contributed by atoms with Crippen LogP contribution in [-0.2, 0) is 17.6 Å². The van der Waals surface area contributed by atoms with Gasteiger partial charge >= 0.3 is 0 Å². The average Bonchev–Trinajstić information content (AvgIpc) is 3.15. The van der Waals surface area contributed by atoms with Crippen LogP contribution in [0, 0.1) is 19.8 Å². The highest BCUT2D eigenvalue weighted by atomic mass is 32.1. The van der Waals surface area contributed by atoms with Crippen molar-refractivity contribution in [3.05, 3.63) is 28.0 Å². The molecule has 3 heterocycles. The Morgan fingerprint density at radius 3 is 2.76 bits per heavy atom. The summed E-state index contributed by atoms with van der Waals surface area (Å²) in [6.45, 7) is 5.53. The van der Waals surface area contributed by atoms with Gasteiger partial charge in [0.2, 0.25) is 11.9 Å². The summed E-state index contributed by atoms with van der Waals surface area (Å²) in [6, 6.07) is 1.97. The molecule has 0 radical (unpaired) electrons. The van der Waals surface area contributed by atoms with Crippen molar-refractivity contribution < 1.29 is 4.79 Å². The van der Waals surface area contributed by atoms with Gasteiger partial charge in [-0.3, -0.25) is 4.79 Å². The average molecular weight is 357 g/mol. The highest BCUT2D eigenvalue weighted by Crippen LogP contribution is 2.31. The Morgan fingerprint density at radius 2 is 2.00 bits per heavy atom. The maximum absolute atomic E-state index is 12.7. The fourth-order valence-corrected chi connectivity index (χ4v) is 4.73. The summed E-state index contributed by atoms with van der Waals surface area (Å²) < 4.78 is 0. The molecule has 0 aromatic carbocycles. The van der Waals surface area contributed by atoms with Crippen LogP contribution in [0.15, 0.2) is 6.07 Å². The monoisotopic (exact) mass is 357 g/mol. The number of aromatic nitrogens is 3. The SMILES string of the molecule is Cc1cc(C)nc(N2CCCC(C(=O)Nc3nc4c(s3)CCC4)C2)n1. The van der Waals surface area contributed by atoms with Crippen molar-refractivity contribution in [2.75, 3.05) is 23.3 Å². The van der Waals surface area contributed by atoms with Gasteiger partial charge in [0.15, 0.2) is 5.13 Å². The maximum atomic E-state index is 12.7. The fourth-order valence-electron chi connectivity index (χ4n) is 3.67. The number of fused-ring (bicyclic) bond motifs is 1. The van der Waals surface area contributed by atoms with E-state index in [-0.39, 0.29) is 11.8 Å². The van der Waals surface area contributed by atoms with Crippen molar-refractivity contribution in [2.24, 2.45) is 5.92 Å². The smallest absolute Gasteiger partial charge is 0.231 e. The second-order valence-corrected chi connectivity index (χ2v) is 8.05. The Bertz CT molecular complexity index is 761. The third kappa shape index (κ3) is 3.51. The van der Waals surface area contributed by atoms with Crippen molar-refractivity contribution in [2.45, 2.75) is 46.0 Å². The number of carbonyl (C=O) groups excluding carboxylic acids is 1. The molecule has 6 nitrogen and oxygen atoms in total. The van der Waals surface area contributed by atoms with Gasteiger partial charge in [-0.1, -0.05) is 0 Å². The number of piperidine rings is 1. The van der Waals surface area contributed by atoms with Gasteiger partial charge in [-0.2, -0.15) is 0 Å². The van der Waals surface area contributed by atoms with E-state index in [1.165, 1.54) is 17.0 Å². The van der Waals surface area contributed by atoms with Crippen LogP contribution in [0.3, 0.4) is 0 Å². The summed E-state index contributed by atoms with van der Waals surface area (Å²) >= 11 is 1.63. The second-order valence-electron chi connectivity index (χ2n) is 6.97. The lowest BCUT2D eigenvalue weighted by molar-refractivity contribution is -0.120. The van der Waals surface area contributed by atoms with Crippen LogP contribution in [0.1, 0.15) is 41.2 Å². The molecule has 1 amide bonds. The Hall–Kier alpha value is -2.02. The van der Waals surface area contributed by atoms with E-state index in [1.807, 2.05) is 19.9 Å². The minimum Gasteiger partial charge on any atom is -0.340 e. The van der Waals surface area contributed by atoms with Gasteiger partial charge in [-0.15, -0.1) is 11.3 Å². The number of carbonyl (C=O) groups is 1. The van der Waals surface area contributed by atoms with Crippen molar-refractivity contribution in [3.8, 4) is 0 Å². The Morgan fingerprint density at radius 1 is 1.20 bits per heavy atom. The first-order valence-electron chi connectivity index (χ1n) is 8.95. The molecule has 1 N–H and O–H groups in total. The summed E-state index contributed by atoms with van der Waals surface area (Å²) in [5.41, 5.74) is 3.10. The highest BCUT2D eigenvalue weighted by Gasteiger charge is 2.28. The van der Waals surface area contributed by atoms with Crippen LogP contribution in [0.4, 0.5) is 11.1 Å². The molecule has 4 rings (SSSR count). The first-order chi connectivity index (χ1) is 12.1. The highest BCUT2D eigenvalue weighted by molar-refractivity contribution is 7.15. The third-order valence-corrected chi connectivity index (χ3v) is 5.94. The minimum absolute atomic E-state index is 0.0445. The fraction of sp³-hybridized carbons (Fsp3) is 0.556. The van der Waals surface area contributed by atoms with Crippen LogP contribution >= 0.6 is 11.3 Å². The summed E-state index contributed by atoms with van der Waals surface area (Å²) in [7, 11) is 0. The molecular weight excluding hydrogens is 334 g/mol. The van der Waals surface area contributed by atoms with Crippen LogP contribution in [0.2, 0.25) is 0 Å². The lowest BCUT2D eigenvalue weighted by atomic mass is 9.97. The molecule has 0 spiro atoms. The molecule has 7 heteroatoms. The number of amides is 1. The van der Waals surface area contributed by atoms with Crippen molar-refractivity contribution >= 4 is 28.3 Å². The topological polar surface area (TPSA) is 71.0 Å². The van der Waals surface area contributed by atoms with E-state index in [0.29, 0.717) is 6.54 Å². The number of aryl methyl sites for hydroxylation is 4. The molecule has 1 saturated heterocycles. The normalized spacial score (nSPS) is 19.8. The lowest BCUT2D eigenvalue weighted by Gasteiger charge is -2.32. The zero-order valence-electron chi connectivity index (χ0n) is 14.7. The molecule has 2 aromatic heterocycles. The third-order valence-electron chi connectivity index (χ3n) is 4.87. The molecule has 1 aliphatic heterocycles. The van der Waals surface area contributed by atoms with Gasteiger partial charge in [0.05, 0.1) is 11.6 Å². The Labute approximate surface area is 151 Å². The first-order valence-corrected chi connectivity index (χ1v) is 9.77. The Balaban J connectivity index is 1.43. The molecule has 1 atom stereocenters. The molecule has 25 heavy (non-hydrogen) atoms. The van der Waals surface area contributed by atoms with Crippen molar-refractivity contribution in [1.29, 1.82) is 0 Å². The second kappa shape index (κ2) is 6.71. The number of hydrogen-bond donors (Lipinski definition) is 1. The standard InChI is InChI=1S/C18H23N5OS/c1-11-9-12(2)20-17(19-11)23-8-4-5-13(10-23)16(24)22-18-21-14-6-3-7-15(14)25-18/h9,13H,3-8,10H2,1-2H3,(H,21,22,24). The van der Waals surface area contributed by atoms with E-state index in [4.69, 9.17) is 0 Å². The van der Waals surface area contributed by atoms with Crippen LogP contribution in [0.5, 0.6) is 0 Å². The van der Waals surface area contributed by atoms with E-state index >= 15 is 0 Å². The largest absolute Gasteiger partial charge is 0.340 e. The summed E-state index contributed by atoms with van der Waals surface area (Å²) in [6.07, 6.45) is 5.21. The number of hydrogen-bond acceptors (Lipinski definition) is 6. The van der Waals surface area contributed by atoms with Crippen molar-refractivity contribution in [1.82, 2.24) is 15.0 Å². The molecule has 2 aliphatic rings. The first kappa shape index (κ1) is 16.4. The number of rotatable bonds is 3. The molecule has 1 fully saturated rings. The number of nitrogens with one attached hydrogen (secondary N) is 1. The van der Waals surface area contributed by atoms with Crippen LogP contribution < -0.4 is 10.2 Å². The number of anilines is 2. The van der Waals surface area contributed by atoms with Gasteiger partial charge in [-0.25, -0.2) is 15.0 Å². The summed E-state index contributed by atoms with van der Waals surface area (Å²) in [5, 5.41) is 3.80. The molecule has 1 aliphatic carbocycles. The lowest BCUT2D eigenvalue weighted by Crippen LogP contribution is -2.41. The molecule has 0 bridgehead atoms. The Kier molecular flexibility index (Phi) is 4.41. The van der Waals surface area contributed by atoms with E-state index in [2.05, 4.69) is 25.2 Å².